The van der Waals surface area contributed by atoms with Crippen LogP contribution in [0.5, 0.6) is 0 Å². The minimum Gasteiger partial charge on any atom is -0.396 e. The zero-order valence-corrected chi connectivity index (χ0v) is 9.77. The third kappa shape index (κ3) is 4.01. The van der Waals surface area contributed by atoms with Crippen molar-refractivity contribution in [3.05, 3.63) is 18.0 Å². The second kappa shape index (κ2) is 5.88. The molecule has 1 aromatic heterocycles. The number of hydrogen-bond donors (Lipinski definition) is 2. The molecule has 0 unspecified atom stereocenters. The summed E-state index contributed by atoms with van der Waals surface area (Å²) in [5.41, 5.74) is 1.19. The van der Waals surface area contributed by atoms with Gasteiger partial charge in [-0.1, -0.05) is 0 Å². The van der Waals surface area contributed by atoms with Gasteiger partial charge < -0.3 is 10.4 Å². The fourth-order valence-corrected chi connectivity index (χ4v) is 1.34. The summed E-state index contributed by atoms with van der Waals surface area (Å²) >= 11 is 0. The first-order valence-corrected chi connectivity index (χ1v) is 5.50. The van der Waals surface area contributed by atoms with Crippen molar-refractivity contribution in [2.45, 2.75) is 45.8 Å². The van der Waals surface area contributed by atoms with Crippen molar-refractivity contribution < 1.29 is 5.11 Å². The number of aliphatic hydroxyl groups excluding tert-OH is 1. The van der Waals surface area contributed by atoms with Gasteiger partial charge in [0.1, 0.15) is 0 Å². The minimum atomic E-state index is 0.236. The second-order valence-electron chi connectivity index (χ2n) is 4.22. The van der Waals surface area contributed by atoms with E-state index >= 15 is 0 Å². The summed E-state index contributed by atoms with van der Waals surface area (Å²) in [6.07, 6.45) is 4.74. The molecule has 1 heterocycles. The van der Waals surface area contributed by atoms with Crippen LogP contribution < -0.4 is 5.32 Å². The molecule has 0 bridgehead atoms. The molecule has 86 valence electrons. The van der Waals surface area contributed by atoms with Gasteiger partial charge in [0.2, 0.25) is 0 Å². The van der Waals surface area contributed by atoms with E-state index in [0.29, 0.717) is 12.1 Å². The summed E-state index contributed by atoms with van der Waals surface area (Å²) in [7, 11) is 0. The number of aromatic nitrogens is 2. The van der Waals surface area contributed by atoms with Gasteiger partial charge in [0.15, 0.2) is 0 Å². The Morgan fingerprint density at radius 3 is 2.73 bits per heavy atom. The smallest absolute Gasteiger partial charge is 0.0534 e. The molecule has 0 radical (unpaired) electrons. The van der Waals surface area contributed by atoms with Crippen LogP contribution in [-0.2, 0) is 6.54 Å². The maximum absolute atomic E-state index is 8.75. The summed E-state index contributed by atoms with van der Waals surface area (Å²) in [5.74, 6) is 0. The lowest BCUT2D eigenvalue weighted by Crippen LogP contribution is -2.26. The van der Waals surface area contributed by atoms with Crippen LogP contribution in [0.2, 0.25) is 0 Å². The van der Waals surface area contributed by atoms with Crippen molar-refractivity contribution in [2.24, 2.45) is 0 Å². The Kier molecular flexibility index (Phi) is 4.78. The number of aliphatic hydroxyl groups is 1. The van der Waals surface area contributed by atoms with E-state index in [-0.39, 0.29) is 6.61 Å². The molecule has 0 spiro atoms. The van der Waals surface area contributed by atoms with Gasteiger partial charge in [-0.2, -0.15) is 5.10 Å². The first kappa shape index (κ1) is 12.2. The van der Waals surface area contributed by atoms with E-state index in [2.05, 4.69) is 37.4 Å². The average Bonchev–Trinajstić information content (AvgIpc) is 2.63. The van der Waals surface area contributed by atoms with Gasteiger partial charge in [0.05, 0.1) is 6.20 Å². The van der Waals surface area contributed by atoms with Crippen LogP contribution in [-0.4, -0.2) is 27.5 Å². The predicted molar refractivity (Wildman–Crippen MR) is 60.6 cm³/mol. The molecular formula is C11H21N3O. The van der Waals surface area contributed by atoms with Gasteiger partial charge in [0, 0.05) is 37.0 Å². The largest absolute Gasteiger partial charge is 0.396 e. The van der Waals surface area contributed by atoms with E-state index in [9.17, 15) is 0 Å². The van der Waals surface area contributed by atoms with Gasteiger partial charge in [-0.15, -0.1) is 0 Å². The molecule has 0 aliphatic heterocycles. The standard InChI is InChI=1S/C11H21N3O/c1-9(2)14-8-11(7-13-14)6-12-10(3)4-5-15/h7-10,12,15H,4-6H2,1-3H3/t10-/m1/s1. The highest BCUT2D eigenvalue weighted by Gasteiger charge is 2.03. The van der Waals surface area contributed by atoms with Gasteiger partial charge in [-0.3, -0.25) is 4.68 Å². The van der Waals surface area contributed by atoms with Gasteiger partial charge in [-0.05, 0) is 27.2 Å². The molecule has 0 aromatic carbocycles. The van der Waals surface area contributed by atoms with Crippen molar-refractivity contribution in [3.8, 4) is 0 Å². The maximum Gasteiger partial charge on any atom is 0.0534 e. The number of hydrogen-bond acceptors (Lipinski definition) is 3. The SMILES string of the molecule is CC(C)n1cc(CN[C@H](C)CCO)cn1. The Bertz CT molecular complexity index is 283. The molecule has 4 heteroatoms. The van der Waals surface area contributed by atoms with Gasteiger partial charge in [0.25, 0.3) is 0 Å². The Morgan fingerprint density at radius 1 is 1.47 bits per heavy atom. The topological polar surface area (TPSA) is 50.1 Å². The molecule has 0 amide bonds. The van der Waals surface area contributed by atoms with E-state index in [1.807, 2.05) is 10.9 Å². The van der Waals surface area contributed by atoms with Crippen molar-refractivity contribution in [2.75, 3.05) is 6.61 Å². The molecule has 1 rings (SSSR count). The van der Waals surface area contributed by atoms with Crippen LogP contribution in [0.3, 0.4) is 0 Å². The molecule has 0 aliphatic carbocycles. The third-order valence-corrected chi connectivity index (χ3v) is 2.40. The Morgan fingerprint density at radius 2 is 2.20 bits per heavy atom. The Hall–Kier alpha value is -0.870. The van der Waals surface area contributed by atoms with E-state index in [0.717, 1.165) is 13.0 Å². The zero-order chi connectivity index (χ0) is 11.3. The third-order valence-electron chi connectivity index (χ3n) is 2.40. The number of nitrogens with one attached hydrogen (secondary N) is 1. The van der Waals surface area contributed by atoms with Crippen molar-refractivity contribution >= 4 is 0 Å². The van der Waals surface area contributed by atoms with Crippen LogP contribution in [0.4, 0.5) is 0 Å². The van der Waals surface area contributed by atoms with E-state index in [4.69, 9.17) is 5.11 Å². The summed E-state index contributed by atoms with van der Waals surface area (Å²) in [5, 5.41) is 16.4. The predicted octanol–water partition coefficient (Wildman–Crippen LogP) is 1.32. The fraction of sp³-hybridized carbons (Fsp3) is 0.727. The zero-order valence-electron chi connectivity index (χ0n) is 9.77. The molecule has 1 atom stereocenters. The van der Waals surface area contributed by atoms with E-state index < -0.39 is 0 Å². The first-order chi connectivity index (χ1) is 7.13. The molecular weight excluding hydrogens is 190 g/mol. The van der Waals surface area contributed by atoms with Crippen molar-refractivity contribution in [1.82, 2.24) is 15.1 Å². The molecule has 15 heavy (non-hydrogen) atoms. The van der Waals surface area contributed by atoms with Crippen LogP contribution in [0, 0.1) is 0 Å². The number of rotatable bonds is 6. The quantitative estimate of drug-likeness (QED) is 0.746. The Balaban J connectivity index is 2.37. The molecule has 2 N–H and O–H groups in total. The fourth-order valence-electron chi connectivity index (χ4n) is 1.34. The highest BCUT2D eigenvalue weighted by molar-refractivity contribution is 5.03. The molecule has 0 aliphatic rings. The van der Waals surface area contributed by atoms with Crippen LogP contribution in [0.25, 0.3) is 0 Å². The molecule has 1 aromatic rings. The monoisotopic (exact) mass is 211 g/mol. The summed E-state index contributed by atoms with van der Waals surface area (Å²) in [6.45, 7) is 7.34. The maximum atomic E-state index is 8.75. The first-order valence-electron chi connectivity index (χ1n) is 5.50. The average molecular weight is 211 g/mol. The lowest BCUT2D eigenvalue weighted by molar-refractivity contribution is 0.268. The normalized spacial score (nSPS) is 13.4. The van der Waals surface area contributed by atoms with Gasteiger partial charge in [-0.25, -0.2) is 0 Å². The van der Waals surface area contributed by atoms with Crippen LogP contribution in [0.1, 0.15) is 38.8 Å². The number of nitrogens with zero attached hydrogens (tertiary/aromatic N) is 2. The minimum absolute atomic E-state index is 0.236. The molecule has 0 saturated carbocycles. The summed E-state index contributed by atoms with van der Waals surface area (Å²) in [4.78, 5) is 0. The molecule has 4 nitrogen and oxygen atoms in total. The molecule has 0 saturated heterocycles. The van der Waals surface area contributed by atoms with Crippen molar-refractivity contribution in [3.63, 3.8) is 0 Å². The highest BCUT2D eigenvalue weighted by Crippen LogP contribution is 2.05. The lowest BCUT2D eigenvalue weighted by atomic mass is 10.2. The molecule has 0 fully saturated rings. The van der Waals surface area contributed by atoms with Crippen molar-refractivity contribution in [1.29, 1.82) is 0 Å². The van der Waals surface area contributed by atoms with Gasteiger partial charge >= 0.3 is 0 Å². The van der Waals surface area contributed by atoms with Crippen LogP contribution >= 0.6 is 0 Å². The lowest BCUT2D eigenvalue weighted by Gasteiger charge is -2.10. The summed E-state index contributed by atoms with van der Waals surface area (Å²) < 4.78 is 1.95. The van der Waals surface area contributed by atoms with Crippen LogP contribution in [0.15, 0.2) is 12.4 Å². The van der Waals surface area contributed by atoms with E-state index in [1.165, 1.54) is 5.56 Å². The Labute approximate surface area is 91.3 Å². The summed E-state index contributed by atoms with van der Waals surface area (Å²) in [6, 6.07) is 0.756. The second-order valence-corrected chi connectivity index (χ2v) is 4.22. The van der Waals surface area contributed by atoms with E-state index in [1.54, 1.807) is 0 Å². The highest BCUT2D eigenvalue weighted by atomic mass is 16.3.